The van der Waals surface area contributed by atoms with Gasteiger partial charge >= 0.3 is 0 Å². The van der Waals surface area contributed by atoms with Crippen LogP contribution in [0.2, 0.25) is 0 Å². The zero-order chi connectivity index (χ0) is 6.85. The Morgan fingerprint density at radius 3 is 2.67 bits per heavy atom. The van der Waals surface area contributed by atoms with Crippen LogP contribution in [0, 0.1) is 5.13 Å². The van der Waals surface area contributed by atoms with Crippen LogP contribution in [0.4, 0.5) is 4.39 Å². The van der Waals surface area contributed by atoms with Crippen molar-refractivity contribution in [1.82, 2.24) is 0 Å². The van der Waals surface area contributed by atoms with Gasteiger partial charge in [0.25, 0.3) is 0 Å². The van der Waals surface area contributed by atoms with E-state index in [0.717, 1.165) is 11.3 Å². The van der Waals surface area contributed by atoms with Gasteiger partial charge in [-0.25, -0.2) is 0 Å². The Hall–Kier alpha value is 0.0700. The Morgan fingerprint density at radius 1 is 1.78 bits per heavy atom. The lowest BCUT2D eigenvalue weighted by Gasteiger charge is -1.79. The van der Waals surface area contributed by atoms with Crippen LogP contribution >= 0.6 is 27.3 Å². The third-order valence-corrected chi connectivity index (χ3v) is 2.60. The molecule has 1 heterocycles. The molecule has 1 rings (SSSR count). The summed E-state index contributed by atoms with van der Waals surface area (Å²) in [5.74, 6) is 0. The van der Waals surface area contributed by atoms with Crippen molar-refractivity contribution in [2.24, 2.45) is 0 Å². The summed E-state index contributed by atoms with van der Waals surface area (Å²) >= 11 is 3.93. The molecule has 0 radical (unpaired) electrons. The fourth-order valence-electron chi connectivity index (χ4n) is 0.469. The maximum Gasteiger partial charge on any atom is 0.190 e. The van der Waals surface area contributed by atoms with Gasteiger partial charge in [-0.1, -0.05) is 0 Å². The highest BCUT2D eigenvalue weighted by Crippen LogP contribution is 2.24. The number of aliphatic hydroxyl groups excluding tert-OH is 1. The molecule has 9 heavy (non-hydrogen) atoms. The fraction of sp³-hybridized carbons (Fsp3) is 0.200. The van der Waals surface area contributed by atoms with Crippen molar-refractivity contribution in [2.45, 2.75) is 6.61 Å². The fourth-order valence-corrected chi connectivity index (χ4v) is 1.77. The number of hydrogen-bond acceptors (Lipinski definition) is 2. The molecule has 4 heteroatoms. The van der Waals surface area contributed by atoms with E-state index in [0.29, 0.717) is 9.35 Å². The summed E-state index contributed by atoms with van der Waals surface area (Å²) in [4.78, 5) is 0.638. The molecule has 1 N–H and O–H groups in total. The number of hydrogen-bond donors (Lipinski definition) is 1. The monoisotopic (exact) mass is 210 g/mol. The molecule has 0 aromatic carbocycles. The lowest BCUT2D eigenvalue weighted by molar-refractivity contribution is 0.285. The summed E-state index contributed by atoms with van der Waals surface area (Å²) in [7, 11) is 0. The lowest BCUT2D eigenvalue weighted by atomic mass is 10.5. The highest BCUT2D eigenvalue weighted by Gasteiger charge is 2.03. The van der Waals surface area contributed by atoms with Crippen molar-refractivity contribution < 1.29 is 9.50 Å². The van der Waals surface area contributed by atoms with Gasteiger partial charge in [0.05, 0.1) is 11.1 Å². The van der Waals surface area contributed by atoms with Crippen LogP contribution in [-0.2, 0) is 6.61 Å². The summed E-state index contributed by atoms with van der Waals surface area (Å²) in [5.41, 5.74) is 0. The SMILES string of the molecule is OCc1cc(Br)c(F)s1. The first kappa shape index (κ1) is 7.18. The summed E-state index contributed by atoms with van der Waals surface area (Å²) < 4.78 is 12.8. The van der Waals surface area contributed by atoms with E-state index in [2.05, 4.69) is 15.9 Å². The van der Waals surface area contributed by atoms with E-state index in [1.807, 2.05) is 0 Å². The van der Waals surface area contributed by atoms with E-state index >= 15 is 0 Å². The van der Waals surface area contributed by atoms with Crippen LogP contribution in [0.15, 0.2) is 10.5 Å². The minimum Gasteiger partial charge on any atom is -0.391 e. The maximum atomic E-state index is 12.4. The highest BCUT2D eigenvalue weighted by atomic mass is 79.9. The second kappa shape index (κ2) is 2.77. The molecule has 1 aromatic rings. The molecular formula is C5H4BrFOS. The average Bonchev–Trinajstić information content (AvgIpc) is 2.13. The van der Waals surface area contributed by atoms with Crippen LogP contribution in [0.1, 0.15) is 4.88 Å². The minimum atomic E-state index is -0.279. The van der Waals surface area contributed by atoms with Gasteiger partial charge < -0.3 is 5.11 Å². The normalized spacial score (nSPS) is 10.1. The Kier molecular flexibility index (Phi) is 2.21. The van der Waals surface area contributed by atoms with Crippen molar-refractivity contribution in [3.05, 3.63) is 20.5 Å². The van der Waals surface area contributed by atoms with Crippen LogP contribution in [0.5, 0.6) is 0 Å². The quantitative estimate of drug-likeness (QED) is 0.754. The van der Waals surface area contributed by atoms with Crippen molar-refractivity contribution in [3.63, 3.8) is 0 Å². The maximum absolute atomic E-state index is 12.4. The number of rotatable bonds is 1. The average molecular weight is 211 g/mol. The van der Waals surface area contributed by atoms with Crippen molar-refractivity contribution in [2.75, 3.05) is 0 Å². The Labute approximate surface area is 64.3 Å². The molecule has 0 spiro atoms. The van der Waals surface area contributed by atoms with Crippen molar-refractivity contribution >= 4 is 27.3 Å². The van der Waals surface area contributed by atoms with Crippen molar-refractivity contribution in [1.29, 1.82) is 0 Å². The van der Waals surface area contributed by atoms with Gasteiger partial charge in [-0.2, -0.15) is 4.39 Å². The zero-order valence-corrected chi connectivity index (χ0v) is 6.80. The predicted molar refractivity (Wildman–Crippen MR) is 37.9 cm³/mol. The molecule has 0 saturated carbocycles. The van der Waals surface area contributed by atoms with Crippen LogP contribution in [0.3, 0.4) is 0 Å². The largest absolute Gasteiger partial charge is 0.391 e. The number of aliphatic hydroxyl groups is 1. The van der Waals surface area contributed by atoms with E-state index in [9.17, 15) is 4.39 Å². The van der Waals surface area contributed by atoms with E-state index in [1.54, 1.807) is 6.07 Å². The third kappa shape index (κ3) is 1.50. The van der Waals surface area contributed by atoms with Gasteiger partial charge in [-0.15, -0.1) is 11.3 Å². The molecule has 0 aliphatic rings. The number of halogens is 2. The summed E-state index contributed by atoms with van der Waals surface area (Å²) in [6, 6.07) is 1.57. The first-order chi connectivity index (χ1) is 4.24. The minimum absolute atomic E-state index is 0.0901. The first-order valence-electron chi connectivity index (χ1n) is 2.28. The first-order valence-corrected chi connectivity index (χ1v) is 3.89. The highest BCUT2D eigenvalue weighted by molar-refractivity contribution is 9.10. The van der Waals surface area contributed by atoms with Crippen LogP contribution in [-0.4, -0.2) is 5.11 Å². The lowest BCUT2D eigenvalue weighted by Crippen LogP contribution is -1.70. The van der Waals surface area contributed by atoms with Crippen molar-refractivity contribution in [3.8, 4) is 0 Å². The molecule has 0 amide bonds. The van der Waals surface area contributed by atoms with Gasteiger partial charge in [0.1, 0.15) is 0 Å². The Bertz CT molecular complexity index is 191. The summed E-state index contributed by atoms with van der Waals surface area (Å²) in [6.07, 6.45) is 0. The Balaban J connectivity index is 2.98. The van der Waals surface area contributed by atoms with Crippen LogP contribution in [0.25, 0.3) is 0 Å². The van der Waals surface area contributed by atoms with E-state index < -0.39 is 0 Å². The van der Waals surface area contributed by atoms with Gasteiger partial charge in [0, 0.05) is 4.88 Å². The zero-order valence-electron chi connectivity index (χ0n) is 4.40. The third-order valence-electron chi connectivity index (χ3n) is 0.852. The molecule has 0 unspecified atom stereocenters. The molecule has 50 valence electrons. The second-order valence-corrected chi connectivity index (χ2v) is 3.43. The molecule has 0 bridgehead atoms. The summed E-state index contributed by atoms with van der Waals surface area (Å²) in [6.45, 7) is -0.0901. The predicted octanol–water partition coefficient (Wildman–Crippen LogP) is 2.14. The smallest absolute Gasteiger partial charge is 0.190 e. The van der Waals surface area contributed by atoms with Crippen LogP contribution < -0.4 is 0 Å². The topological polar surface area (TPSA) is 20.2 Å². The molecule has 0 saturated heterocycles. The van der Waals surface area contributed by atoms with Gasteiger partial charge in [0.15, 0.2) is 5.13 Å². The second-order valence-electron chi connectivity index (χ2n) is 1.49. The molecule has 1 nitrogen and oxygen atoms in total. The van der Waals surface area contributed by atoms with Gasteiger partial charge in [0.2, 0.25) is 0 Å². The van der Waals surface area contributed by atoms with E-state index in [1.165, 1.54) is 0 Å². The van der Waals surface area contributed by atoms with E-state index in [4.69, 9.17) is 5.11 Å². The number of thiophene rings is 1. The van der Waals surface area contributed by atoms with Gasteiger partial charge in [-0.3, -0.25) is 0 Å². The molecule has 0 atom stereocenters. The molecule has 1 aromatic heterocycles. The molecule has 0 aliphatic heterocycles. The Morgan fingerprint density at radius 2 is 2.44 bits per heavy atom. The molecule has 0 aliphatic carbocycles. The summed E-state index contributed by atoms with van der Waals surface area (Å²) in [5, 5.41) is 8.22. The molecule has 0 fully saturated rings. The molecular weight excluding hydrogens is 207 g/mol. The standard InChI is InChI=1S/C5H4BrFOS/c6-4-1-3(2-8)9-5(4)7/h1,8H,2H2. The van der Waals surface area contributed by atoms with Gasteiger partial charge in [-0.05, 0) is 22.0 Å². The van der Waals surface area contributed by atoms with E-state index in [-0.39, 0.29) is 11.7 Å².